The Kier molecular flexibility index (Phi) is 3.75. The fraction of sp³-hybridized carbons (Fsp3) is 0.375. The maximum Gasteiger partial charge on any atom is 0.270 e. The zero-order valence-corrected chi connectivity index (χ0v) is 10.5. The Morgan fingerprint density at radius 1 is 1.47 bits per heavy atom. The average molecular weight is 268 g/mol. The second kappa shape index (κ2) is 4.51. The van der Waals surface area contributed by atoms with Gasteiger partial charge in [0, 0.05) is 16.7 Å². The van der Waals surface area contributed by atoms with Crippen LogP contribution in [0, 0.1) is 0 Å². The van der Waals surface area contributed by atoms with E-state index in [0.29, 0.717) is 4.88 Å². The Bertz CT molecular complexity index is 464. The van der Waals surface area contributed by atoms with Crippen molar-refractivity contribution in [1.29, 1.82) is 0 Å². The van der Waals surface area contributed by atoms with E-state index in [-0.39, 0.29) is 16.2 Å². The zero-order valence-electron chi connectivity index (χ0n) is 8.15. The molecular formula is C8H10ClNO3S2. The first-order valence-electron chi connectivity index (χ1n) is 4.16. The van der Waals surface area contributed by atoms with E-state index in [1.54, 1.807) is 0 Å². The quantitative estimate of drug-likeness (QED) is 0.850. The molecule has 0 fully saturated rings. The van der Waals surface area contributed by atoms with Crippen LogP contribution in [0.15, 0.2) is 16.3 Å². The molecule has 0 aliphatic carbocycles. The van der Waals surface area contributed by atoms with Gasteiger partial charge in [0.2, 0.25) is 0 Å². The van der Waals surface area contributed by atoms with Crippen LogP contribution in [0.1, 0.15) is 23.5 Å². The molecular weight excluding hydrogens is 258 g/mol. The minimum Gasteiger partial charge on any atom is -0.349 e. The second-order valence-electron chi connectivity index (χ2n) is 3.18. The van der Waals surface area contributed by atoms with Gasteiger partial charge in [0.25, 0.3) is 15.0 Å². The number of thiophene rings is 1. The first-order chi connectivity index (χ1) is 6.80. The molecule has 1 amide bonds. The number of halogens is 1. The fourth-order valence-corrected chi connectivity index (χ4v) is 2.88. The standard InChI is InChI=1S/C8H10ClNO3S2/c1-5(2)10-8(11)6-3-4-7(14-6)15(9,12)13/h3-5H,1-2H3,(H,10,11). The van der Waals surface area contributed by atoms with Crippen LogP contribution in [0.3, 0.4) is 0 Å². The van der Waals surface area contributed by atoms with Gasteiger partial charge < -0.3 is 5.32 Å². The molecule has 1 N–H and O–H groups in total. The molecule has 0 unspecified atom stereocenters. The number of amides is 1. The highest BCUT2D eigenvalue weighted by molar-refractivity contribution is 8.15. The third-order valence-corrected chi connectivity index (χ3v) is 4.64. The first-order valence-corrected chi connectivity index (χ1v) is 7.28. The maximum absolute atomic E-state index is 11.5. The summed E-state index contributed by atoms with van der Waals surface area (Å²) in [5.41, 5.74) is 0. The average Bonchev–Trinajstić information content (AvgIpc) is 2.48. The number of hydrogen-bond donors (Lipinski definition) is 1. The zero-order chi connectivity index (χ0) is 11.6. The van der Waals surface area contributed by atoms with Crippen molar-refractivity contribution < 1.29 is 13.2 Å². The highest BCUT2D eigenvalue weighted by Crippen LogP contribution is 2.24. The second-order valence-corrected chi connectivity index (χ2v) is 7.06. The summed E-state index contributed by atoms with van der Waals surface area (Å²) in [4.78, 5) is 11.8. The van der Waals surface area contributed by atoms with Crippen molar-refractivity contribution in [3.63, 3.8) is 0 Å². The molecule has 0 bridgehead atoms. The Morgan fingerprint density at radius 2 is 2.07 bits per heavy atom. The van der Waals surface area contributed by atoms with Crippen LogP contribution in [0.5, 0.6) is 0 Å². The van der Waals surface area contributed by atoms with E-state index in [2.05, 4.69) is 5.32 Å². The molecule has 0 aromatic carbocycles. The van der Waals surface area contributed by atoms with Crippen LogP contribution in [0.4, 0.5) is 0 Å². The van der Waals surface area contributed by atoms with Crippen molar-refractivity contribution in [3.05, 3.63) is 17.0 Å². The van der Waals surface area contributed by atoms with Gasteiger partial charge in [-0.25, -0.2) is 8.42 Å². The molecule has 0 radical (unpaired) electrons. The van der Waals surface area contributed by atoms with Gasteiger partial charge in [-0.05, 0) is 26.0 Å². The van der Waals surface area contributed by atoms with Crippen LogP contribution in [-0.2, 0) is 9.05 Å². The van der Waals surface area contributed by atoms with Gasteiger partial charge in [0.15, 0.2) is 0 Å². The molecule has 84 valence electrons. The van der Waals surface area contributed by atoms with Crippen LogP contribution < -0.4 is 5.32 Å². The SMILES string of the molecule is CC(C)NC(=O)c1ccc(S(=O)(=O)Cl)s1. The Labute approximate surface area is 96.7 Å². The third-order valence-electron chi connectivity index (χ3n) is 1.47. The number of carbonyl (C=O) groups excluding carboxylic acids is 1. The molecule has 1 aromatic heterocycles. The summed E-state index contributed by atoms with van der Waals surface area (Å²) >= 11 is 0.858. The topological polar surface area (TPSA) is 63.2 Å². The van der Waals surface area contributed by atoms with Gasteiger partial charge in [-0.2, -0.15) is 0 Å². The highest BCUT2D eigenvalue weighted by Gasteiger charge is 2.16. The van der Waals surface area contributed by atoms with Gasteiger partial charge in [0.05, 0.1) is 4.88 Å². The van der Waals surface area contributed by atoms with Gasteiger partial charge >= 0.3 is 0 Å². The minimum atomic E-state index is -3.73. The van der Waals surface area contributed by atoms with Crippen LogP contribution in [0.2, 0.25) is 0 Å². The van der Waals surface area contributed by atoms with Gasteiger partial charge in [0.1, 0.15) is 4.21 Å². The Balaban J connectivity index is 2.90. The minimum absolute atomic E-state index is 0.00987. The lowest BCUT2D eigenvalue weighted by Crippen LogP contribution is -2.29. The lowest BCUT2D eigenvalue weighted by molar-refractivity contribution is 0.0947. The molecule has 0 aliphatic heterocycles. The third kappa shape index (κ3) is 3.48. The summed E-state index contributed by atoms with van der Waals surface area (Å²) in [6.07, 6.45) is 0. The van der Waals surface area contributed by atoms with E-state index in [9.17, 15) is 13.2 Å². The number of carbonyl (C=O) groups is 1. The predicted octanol–water partition coefficient (Wildman–Crippen LogP) is 1.81. The van der Waals surface area contributed by atoms with Crippen molar-refractivity contribution in [2.75, 3.05) is 0 Å². The van der Waals surface area contributed by atoms with E-state index >= 15 is 0 Å². The maximum atomic E-state index is 11.5. The van der Waals surface area contributed by atoms with E-state index < -0.39 is 9.05 Å². The van der Waals surface area contributed by atoms with Gasteiger partial charge in [-0.1, -0.05) is 0 Å². The lowest BCUT2D eigenvalue weighted by Gasteiger charge is -2.05. The molecule has 0 saturated heterocycles. The molecule has 7 heteroatoms. The Hall–Kier alpha value is -0.590. The summed E-state index contributed by atoms with van der Waals surface area (Å²) < 4.78 is 21.9. The molecule has 0 spiro atoms. The van der Waals surface area contributed by atoms with E-state index in [1.165, 1.54) is 12.1 Å². The molecule has 4 nitrogen and oxygen atoms in total. The summed E-state index contributed by atoms with van der Waals surface area (Å²) in [6, 6.07) is 2.77. The van der Waals surface area contributed by atoms with Crippen molar-refractivity contribution in [3.8, 4) is 0 Å². The fourth-order valence-electron chi connectivity index (χ4n) is 0.907. The molecule has 1 aromatic rings. The molecule has 0 atom stereocenters. The van der Waals surface area contributed by atoms with Gasteiger partial charge in [-0.3, -0.25) is 4.79 Å². The van der Waals surface area contributed by atoms with Crippen LogP contribution >= 0.6 is 22.0 Å². The largest absolute Gasteiger partial charge is 0.349 e. The summed E-state index contributed by atoms with van der Waals surface area (Å²) in [5.74, 6) is -0.290. The van der Waals surface area contributed by atoms with Crippen molar-refractivity contribution in [2.24, 2.45) is 0 Å². The normalized spacial score (nSPS) is 11.7. The molecule has 0 saturated carbocycles. The smallest absolute Gasteiger partial charge is 0.270 e. The lowest BCUT2D eigenvalue weighted by atomic mass is 10.3. The monoisotopic (exact) mass is 267 g/mol. The number of nitrogens with one attached hydrogen (secondary N) is 1. The first kappa shape index (κ1) is 12.5. The predicted molar refractivity (Wildman–Crippen MR) is 60.0 cm³/mol. The van der Waals surface area contributed by atoms with Crippen molar-refractivity contribution >= 4 is 37.0 Å². The summed E-state index contributed by atoms with van der Waals surface area (Å²) in [5, 5.41) is 2.66. The number of rotatable bonds is 3. The summed E-state index contributed by atoms with van der Waals surface area (Å²) in [7, 11) is 1.40. The van der Waals surface area contributed by atoms with Crippen LogP contribution in [0.25, 0.3) is 0 Å². The van der Waals surface area contributed by atoms with Crippen molar-refractivity contribution in [2.45, 2.75) is 24.1 Å². The van der Waals surface area contributed by atoms with Crippen LogP contribution in [-0.4, -0.2) is 20.4 Å². The van der Waals surface area contributed by atoms with E-state index in [0.717, 1.165) is 11.3 Å². The molecule has 1 rings (SSSR count). The molecule has 15 heavy (non-hydrogen) atoms. The van der Waals surface area contributed by atoms with E-state index in [1.807, 2.05) is 13.8 Å². The van der Waals surface area contributed by atoms with Gasteiger partial charge in [-0.15, -0.1) is 11.3 Å². The summed E-state index contributed by atoms with van der Waals surface area (Å²) in [6.45, 7) is 3.65. The molecule has 0 aliphatic rings. The van der Waals surface area contributed by atoms with E-state index in [4.69, 9.17) is 10.7 Å². The molecule has 1 heterocycles. The Morgan fingerprint density at radius 3 is 2.47 bits per heavy atom. The highest BCUT2D eigenvalue weighted by atomic mass is 35.7. The van der Waals surface area contributed by atoms with Crippen molar-refractivity contribution in [1.82, 2.24) is 5.32 Å². The number of hydrogen-bond acceptors (Lipinski definition) is 4.